The molecule has 1 N–H and O–H groups in total. The quantitative estimate of drug-likeness (QED) is 0.244. The predicted octanol–water partition coefficient (Wildman–Crippen LogP) is 6.30. The van der Waals surface area contributed by atoms with E-state index in [1.165, 1.54) is 6.08 Å². The Balaban J connectivity index is 1.56. The van der Waals surface area contributed by atoms with Crippen LogP contribution in [0.15, 0.2) is 90.5 Å². The van der Waals surface area contributed by atoms with Crippen molar-refractivity contribution in [2.24, 2.45) is 0 Å². The molecule has 0 radical (unpaired) electrons. The van der Waals surface area contributed by atoms with Crippen molar-refractivity contribution >= 4 is 52.0 Å². The van der Waals surface area contributed by atoms with E-state index in [2.05, 4.69) is 5.32 Å². The number of ether oxygens (including phenoxy) is 1. The molecular weight excluding hydrogens is 488 g/mol. The number of urea groups is 1. The Morgan fingerprint density at radius 1 is 0.865 bits per heavy atom. The topological polar surface area (TPSA) is 75.7 Å². The molecule has 0 spiro atoms. The highest BCUT2D eigenvalue weighted by atomic mass is 35.5. The summed E-state index contributed by atoms with van der Waals surface area (Å²) in [6.45, 7) is 2.28. The number of hydrogen-bond acceptors (Lipinski definition) is 4. The van der Waals surface area contributed by atoms with Crippen molar-refractivity contribution in [3.8, 4) is 5.75 Å². The molecule has 37 heavy (non-hydrogen) atoms. The molecule has 4 aromatic carbocycles. The van der Waals surface area contributed by atoms with Gasteiger partial charge < -0.3 is 4.74 Å². The summed E-state index contributed by atoms with van der Waals surface area (Å²) in [7, 11) is 0. The second-order valence-corrected chi connectivity index (χ2v) is 9.03. The van der Waals surface area contributed by atoms with Gasteiger partial charge in [-0.05, 0) is 64.7 Å². The number of barbiturate groups is 1. The number of aryl methyl sites for hydroxylation is 1. The molecule has 1 heterocycles. The Labute approximate surface area is 219 Å². The van der Waals surface area contributed by atoms with Gasteiger partial charge >= 0.3 is 6.03 Å². The number of anilines is 1. The third-order valence-corrected chi connectivity index (χ3v) is 6.48. The number of benzene rings is 4. The van der Waals surface area contributed by atoms with Crippen LogP contribution in [0.2, 0.25) is 5.02 Å². The Morgan fingerprint density at radius 2 is 1.57 bits per heavy atom. The molecule has 184 valence electrons. The first-order valence-electron chi connectivity index (χ1n) is 11.8. The van der Waals surface area contributed by atoms with Gasteiger partial charge in [-0.25, -0.2) is 9.69 Å². The highest BCUT2D eigenvalue weighted by Gasteiger charge is 2.37. The first-order chi connectivity index (χ1) is 17.9. The summed E-state index contributed by atoms with van der Waals surface area (Å²) < 4.78 is 6.13. The maximum absolute atomic E-state index is 13.5. The molecule has 4 aromatic rings. The van der Waals surface area contributed by atoms with Crippen LogP contribution in [-0.4, -0.2) is 17.8 Å². The third-order valence-electron chi connectivity index (χ3n) is 6.23. The average Bonchev–Trinajstić information content (AvgIpc) is 2.91. The van der Waals surface area contributed by atoms with Gasteiger partial charge in [0, 0.05) is 10.6 Å². The summed E-state index contributed by atoms with van der Waals surface area (Å²) in [6.07, 6.45) is 2.32. The van der Waals surface area contributed by atoms with E-state index in [1.54, 1.807) is 24.3 Å². The van der Waals surface area contributed by atoms with Gasteiger partial charge in [0.2, 0.25) is 0 Å². The molecule has 0 bridgehead atoms. The minimum atomic E-state index is -0.784. The lowest BCUT2D eigenvalue weighted by atomic mass is 9.99. The fourth-order valence-corrected chi connectivity index (χ4v) is 4.34. The van der Waals surface area contributed by atoms with E-state index in [0.29, 0.717) is 22.0 Å². The van der Waals surface area contributed by atoms with E-state index in [9.17, 15) is 14.4 Å². The summed E-state index contributed by atoms with van der Waals surface area (Å²) >= 11 is 5.99. The molecular formula is C30H23ClN2O4. The van der Waals surface area contributed by atoms with Gasteiger partial charge in [-0.15, -0.1) is 0 Å². The van der Waals surface area contributed by atoms with Crippen LogP contribution in [-0.2, 0) is 22.6 Å². The number of rotatable bonds is 6. The number of hydrogen-bond donors (Lipinski definition) is 1. The number of amides is 4. The Kier molecular flexibility index (Phi) is 6.75. The number of imide groups is 2. The van der Waals surface area contributed by atoms with Crippen LogP contribution in [0.5, 0.6) is 5.75 Å². The minimum absolute atomic E-state index is 0.160. The van der Waals surface area contributed by atoms with Gasteiger partial charge in [0.25, 0.3) is 11.8 Å². The van der Waals surface area contributed by atoms with Crippen LogP contribution in [0.25, 0.3) is 16.8 Å². The highest BCUT2D eigenvalue weighted by molar-refractivity contribution is 6.39. The normalized spacial score (nSPS) is 14.8. The fourth-order valence-electron chi connectivity index (χ4n) is 4.21. The first kappa shape index (κ1) is 24.3. The molecule has 1 saturated heterocycles. The molecule has 5 rings (SSSR count). The van der Waals surface area contributed by atoms with Crippen molar-refractivity contribution in [2.45, 2.75) is 20.0 Å². The minimum Gasteiger partial charge on any atom is -0.488 e. The number of halogens is 1. The Bertz CT molecular complexity index is 1540. The SMILES string of the molecule is CCc1ccc(N2C(=O)NC(=O)/C(=C\c3c(OCc4ccc(Cl)cc4)ccc4ccccc34)C2=O)cc1. The molecule has 0 unspecified atom stereocenters. The van der Waals surface area contributed by atoms with Crippen molar-refractivity contribution in [2.75, 3.05) is 4.90 Å². The van der Waals surface area contributed by atoms with Crippen molar-refractivity contribution in [1.82, 2.24) is 5.32 Å². The van der Waals surface area contributed by atoms with Crippen LogP contribution >= 0.6 is 11.6 Å². The number of fused-ring (bicyclic) bond motifs is 1. The van der Waals surface area contributed by atoms with Crippen LogP contribution in [0.4, 0.5) is 10.5 Å². The van der Waals surface area contributed by atoms with E-state index >= 15 is 0 Å². The van der Waals surface area contributed by atoms with Crippen molar-refractivity contribution in [3.63, 3.8) is 0 Å². The molecule has 7 heteroatoms. The lowest BCUT2D eigenvalue weighted by Gasteiger charge is -2.26. The average molecular weight is 511 g/mol. The van der Waals surface area contributed by atoms with E-state index in [1.807, 2.05) is 67.6 Å². The summed E-state index contributed by atoms with van der Waals surface area (Å²) in [5, 5.41) is 4.65. The second-order valence-electron chi connectivity index (χ2n) is 8.59. The molecule has 0 aliphatic carbocycles. The molecule has 1 fully saturated rings. The van der Waals surface area contributed by atoms with Crippen LogP contribution in [0.1, 0.15) is 23.6 Å². The zero-order chi connectivity index (χ0) is 25.9. The van der Waals surface area contributed by atoms with Gasteiger partial charge in [-0.3, -0.25) is 14.9 Å². The summed E-state index contributed by atoms with van der Waals surface area (Å²) in [4.78, 5) is 40.0. The summed E-state index contributed by atoms with van der Waals surface area (Å²) in [5.41, 5.74) is 2.77. The summed E-state index contributed by atoms with van der Waals surface area (Å²) in [5.74, 6) is -0.958. The van der Waals surface area contributed by atoms with E-state index in [0.717, 1.165) is 33.2 Å². The zero-order valence-electron chi connectivity index (χ0n) is 20.0. The molecule has 1 aliphatic heterocycles. The van der Waals surface area contributed by atoms with E-state index in [4.69, 9.17) is 16.3 Å². The monoisotopic (exact) mass is 510 g/mol. The first-order valence-corrected chi connectivity index (χ1v) is 12.2. The molecule has 0 aromatic heterocycles. The molecule has 1 aliphatic rings. The van der Waals surface area contributed by atoms with Crippen molar-refractivity contribution in [3.05, 3.63) is 112 Å². The van der Waals surface area contributed by atoms with Crippen LogP contribution < -0.4 is 15.0 Å². The number of carbonyl (C=O) groups excluding carboxylic acids is 3. The smallest absolute Gasteiger partial charge is 0.335 e. The largest absolute Gasteiger partial charge is 0.488 e. The molecule has 0 atom stereocenters. The lowest BCUT2D eigenvalue weighted by Crippen LogP contribution is -2.54. The maximum atomic E-state index is 13.5. The summed E-state index contributed by atoms with van der Waals surface area (Å²) in [6, 6.07) is 25.0. The predicted molar refractivity (Wildman–Crippen MR) is 145 cm³/mol. The lowest BCUT2D eigenvalue weighted by molar-refractivity contribution is -0.122. The Hall–Kier alpha value is -4.42. The van der Waals surface area contributed by atoms with Crippen LogP contribution in [0.3, 0.4) is 0 Å². The van der Waals surface area contributed by atoms with Gasteiger partial charge in [-0.1, -0.05) is 73.1 Å². The van der Waals surface area contributed by atoms with Crippen molar-refractivity contribution in [1.29, 1.82) is 0 Å². The third kappa shape index (κ3) is 4.97. The number of nitrogens with zero attached hydrogens (tertiary/aromatic N) is 1. The van der Waals surface area contributed by atoms with Gasteiger partial charge in [-0.2, -0.15) is 0 Å². The van der Waals surface area contributed by atoms with Gasteiger partial charge in [0.1, 0.15) is 17.9 Å². The zero-order valence-corrected chi connectivity index (χ0v) is 20.8. The highest BCUT2D eigenvalue weighted by Crippen LogP contribution is 2.32. The molecule has 4 amide bonds. The number of carbonyl (C=O) groups is 3. The molecule has 6 nitrogen and oxygen atoms in total. The van der Waals surface area contributed by atoms with E-state index < -0.39 is 17.8 Å². The second kappa shape index (κ2) is 10.3. The van der Waals surface area contributed by atoms with Crippen molar-refractivity contribution < 1.29 is 19.1 Å². The molecule has 0 saturated carbocycles. The van der Waals surface area contributed by atoms with Gasteiger partial charge in [0.15, 0.2) is 0 Å². The fraction of sp³-hybridized carbons (Fsp3) is 0.100. The number of nitrogens with one attached hydrogen (secondary N) is 1. The van der Waals surface area contributed by atoms with Gasteiger partial charge in [0.05, 0.1) is 5.69 Å². The van der Waals surface area contributed by atoms with E-state index in [-0.39, 0.29) is 12.2 Å². The van der Waals surface area contributed by atoms with Crippen LogP contribution in [0, 0.1) is 0 Å². The maximum Gasteiger partial charge on any atom is 0.335 e. The standard InChI is InChI=1S/C30H23ClN2O4/c1-2-19-9-14-23(15-10-19)33-29(35)26(28(34)32-30(33)36)17-25-24-6-4-3-5-21(24)11-16-27(25)37-18-20-7-12-22(31)13-8-20/h3-17H,2,18H2,1H3,(H,32,34,36)/b26-17+. The Morgan fingerprint density at radius 3 is 2.30 bits per heavy atom.